The van der Waals surface area contributed by atoms with E-state index in [9.17, 15) is 14.3 Å². The molecule has 1 aromatic carbocycles. The van der Waals surface area contributed by atoms with E-state index in [1.807, 2.05) is 24.8 Å². The first-order chi connectivity index (χ1) is 15.8. The lowest BCUT2D eigenvalue weighted by Gasteiger charge is -2.38. The summed E-state index contributed by atoms with van der Waals surface area (Å²) in [6.45, 7) is 10.8. The molecule has 2 aromatic rings. The van der Waals surface area contributed by atoms with Crippen molar-refractivity contribution in [2.24, 2.45) is 0 Å². The second-order valence-corrected chi connectivity index (χ2v) is 9.59. The Hall–Kier alpha value is -2.58. The molecule has 1 fully saturated rings. The first-order valence-electron chi connectivity index (χ1n) is 11.8. The monoisotopic (exact) mass is 455 g/mol. The summed E-state index contributed by atoms with van der Waals surface area (Å²) in [5.74, 6) is 0.368. The third-order valence-corrected chi connectivity index (χ3v) is 6.80. The van der Waals surface area contributed by atoms with Gasteiger partial charge in [0.1, 0.15) is 18.0 Å². The van der Waals surface area contributed by atoms with Crippen LogP contribution in [0, 0.1) is 12.7 Å². The van der Waals surface area contributed by atoms with Crippen LogP contribution in [-0.4, -0.2) is 64.6 Å². The van der Waals surface area contributed by atoms with Crippen LogP contribution in [0.1, 0.15) is 67.5 Å². The summed E-state index contributed by atoms with van der Waals surface area (Å²) in [4.78, 5) is 26.4. The van der Waals surface area contributed by atoms with Crippen LogP contribution in [0.4, 0.5) is 10.2 Å². The first kappa shape index (κ1) is 23.6. The zero-order chi connectivity index (χ0) is 23.7. The lowest BCUT2D eigenvalue weighted by molar-refractivity contribution is -0.133. The number of rotatable bonds is 6. The number of aryl methyl sites for hydroxylation is 1. The topological polar surface area (TPSA) is 81.6 Å². The standard InChI is InChI=1S/C25H34FN5O2/c1-15(2)27-13-19(18-6-5-16(3)20(26)12-18)25(33)31-9-7-30(8-10-31)24-22-17(4)11-21(32)23(22)28-14-29-24/h5-6,12,14-15,17,19,21,27,32H,7-11,13H2,1-4H3/t17-,19-,21+/m1/s1. The molecule has 1 saturated heterocycles. The molecule has 0 bridgehead atoms. The van der Waals surface area contributed by atoms with Crippen LogP contribution in [0.15, 0.2) is 24.5 Å². The van der Waals surface area contributed by atoms with Gasteiger partial charge in [0.25, 0.3) is 0 Å². The maximum Gasteiger partial charge on any atom is 0.231 e. The fourth-order valence-electron chi connectivity index (χ4n) is 4.84. The number of amides is 1. The predicted octanol–water partition coefficient (Wildman–Crippen LogP) is 2.90. The van der Waals surface area contributed by atoms with Gasteiger partial charge in [0, 0.05) is 44.3 Å². The van der Waals surface area contributed by atoms with Crippen molar-refractivity contribution in [1.82, 2.24) is 20.2 Å². The number of piperazine rings is 1. The van der Waals surface area contributed by atoms with E-state index in [0.29, 0.717) is 50.3 Å². The molecule has 33 heavy (non-hydrogen) atoms. The molecule has 1 aliphatic heterocycles. The largest absolute Gasteiger partial charge is 0.387 e. The smallest absolute Gasteiger partial charge is 0.231 e. The Morgan fingerprint density at radius 1 is 1.24 bits per heavy atom. The number of fused-ring (bicyclic) bond motifs is 1. The number of aliphatic hydroxyl groups is 1. The zero-order valence-corrected chi connectivity index (χ0v) is 19.9. The van der Waals surface area contributed by atoms with Gasteiger partial charge in [0.05, 0.1) is 17.7 Å². The average Bonchev–Trinajstić information content (AvgIpc) is 3.09. The molecular formula is C25H34FN5O2. The van der Waals surface area contributed by atoms with Crippen LogP contribution < -0.4 is 10.2 Å². The van der Waals surface area contributed by atoms with Gasteiger partial charge in [-0.25, -0.2) is 14.4 Å². The van der Waals surface area contributed by atoms with Crippen molar-refractivity contribution in [3.05, 3.63) is 52.7 Å². The quantitative estimate of drug-likeness (QED) is 0.697. The first-order valence-corrected chi connectivity index (χ1v) is 11.8. The van der Waals surface area contributed by atoms with Crippen molar-refractivity contribution in [2.45, 2.75) is 58.1 Å². The third-order valence-electron chi connectivity index (χ3n) is 6.80. The minimum Gasteiger partial charge on any atom is -0.387 e. The Kier molecular flexibility index (Phi) is 6.95. The number of hydrogen-bond acceptors (Lipinski definition) is 6. The summed E-state index contributed by atoms with van der Waals surface area (Å²) in [5.41, 5.74) is 3.04. The Bertz CT molecular complexity index is 1010. The maximum atomic E-state index is 14.3. The van der Waals surface area contributed by atoms with Crippen LogP contribution in [0.2, 0.25) is 0 Å². The maximum absolute atomic E-state index is 14.3. The summed E-state index contributed by atoms with van der Waals surface area (Å²) in [5, 5.41) is 13.6. The van der Waals surface area contributed by atoms with Gasteiger partial charge in [-0.1, -0.05) is 32.9 Å². The molecule has 2 heterocycles. The molecule has 7 nitrogen and oxygen atoms in total. The van der Waals surface area contributed by atoms with Gasteiger partial charge in [-0.3, -0.25) is 4.79 Å². The van der Waals surface area contributed by atoms with E-state index >= 15 is 0 Å². The van der Waals surface area contributed by atoms with E-state index in [4.69, 9.17) is 0 Å². The fraction of sp³-hybridized carbons (Fsp3) is 0.560. The number of nitrogens with zero attached hydrogens (tertiary/aromatic N) is 4. The summed E-state index contributed by atoms with van der Waals surface area (Å²) < 4.78 is 14.3. The van der Waals surface area contributed by atoms with E-state index in [0.717, 1.165) is 17.1 Å². The van der Waals surface area contributed by atoms with Crippen LogP contribution >= 0.6 is 0 Å². The molecule has 0 spiro atoms. The van der Waals surface area contributed by atoms with Crippen molar-refractivity contribution in [3.8, 4) is 0 Å². The minimum atomic E-state index is -0.538. The van der Waals surface area contributed by atoms with Gasteiger partial charge >= 0.3 is 0 Å². The van der Waals surface area contributed by atoms with E-state index in [2.05, 4.69) is 27.1 Å². The molecule has 1 aliphatic carbocycles. The van der Waals surface area contributed by atoms with E-state index in [-0.39, 0.29) is 23.7 Å². The molecule has 1 amide bonds. The zero-order valence-electron chi connectivity index (χ0n) is 19.9. The summed E-state index contributed by atoms with van der Waals surface area (Å²) in [6, 6.07) is 5.32. The van der Waals surface area contributed by atoms with Crippen molar-refractivity contribution >= 4 is 11.7 Å². The molecule has 0 saturated carbocycles. The Labute approximate surface area is 195 Å². The molecule has 178 valence electrons. The highest BCUT2D eigenvalue weighted by Crippen LogP contribution is 2.42. The van der Waals surface area contributed by atoms with Gasteiger partial charge in [-0.15, -0.1) is 0 Å². The van der Waals surface area contributed by atoms with Crippen LogP contribution in [0.3, 0.4) is 0 Å². The Morgan fingerprint density at radius 2 is 1.97 bits per heavy atom. The highest BCUT2D eigenvalue weighted by atomic mass is 19.1. The highest BCUT2D eigenvalue weighted by Gasteiger charge is 2.35. The van der Waals surface area contributed by atoms with Crippen molar-refractivity contribution < 1.29 is 14.3 Å². The highest BCUT2D eigenvalue weighted by molar-refractivity contribution is 5.84. The van der Waals surface area contributed by atoms with Gasteiger partial charge in [0.2, 0.25) is 5.91 Å². The second kappa shape index (κ2) is 9.73. The number of aliphatic hydroxyl groups excluding tert-OH is 1. The normalized spacial score (nSPS) is 21.4. The summed E-state index contributed by atoms with van der Waals surface area (Å²) in [6.07, 6.45) is 1.65. The number of aromatic nitrogens is 2. The van der Waals surface area contributed by atoms with Gasteiger partial charge in [-0.2, -0.15) is 0 Å². The van der Waals surface area contributed by atoms with E-state index in [1.54, 1.807) is 13.0 Å². The van der Waals surface area contributed by atoms with Gasteiger partial charge < -0.3 is 20.2 Å². The average molecular weight is 456 g/mol. The lowest BCUT2D eigenvalue weighted by Crippen LogP contribution is -2.51. The number of carbonyl (C=O) groups excluding carboxylic acids is 1. The van der Waals surface area contributed by atoms with Crippen molar-refractivity contribution in [3.63, 3.8) is 0 Å². The molecular weight excluding hydrogens is 421 g/mol. The molecule has 2 N–H and O–H groups in total. The second-order valence-electron chi connectivity index (χ2n) is 9.59. The van der Waals surface area contributed by atoms with E-state index in [1.165, 1.54) is 12.4 Å². The van der Waals surface area contributed by atoms with E-state index < -0.39 is 12.0 Å². The molecule has 2 aliphatic rings. The number of anilines is 1. The van der Waals surface area contributed by atoms with Crippen molar-refractivity contribution in [1.29, 1.82) is 0 Å². The van der Waals surface area contributed by atoms with Gasteiger partial charge in [0.15, 0.2) is 0 Å². The van der Waals surface area contributed by atoms with Crippen LogP contribution in [0.5, 0.6) is 0 Å². The number of halogens is 1. The Balaban J connectivity index is 1.49. The summed E-state index contributed by atoms with van der Waals surface area (Å²) in [7, 11) is 0. The van der Waals surface area contributed by atoms with Crippen LogP contribution in [-0.2, 0) is 4.79 Å². The lowest BCUT2D eigenvalue weighted by atomic mass is 9.95. The molecule has 0 unspecified atom stereocenters. The van der Waals surface area contributed by atoms with Gasteiger partial charge in [-0.05, 0) is 36.5 Å². The molecule has 1 aromatic heterocycles. The number of carbonyl (C=O) groups is 1. The Morgan fingerprint density at radius 3 is 2.64 bits per heavy atom. The predicted molar refractivity (Wildman–Crippen MR) is 126 cm³/mol. The number of hydrogen-bond donors (Lipinski definition) is 2. The molecule has 3 atom stereocenters. The minimum absolute atomic E-state index is 0.0164. The number of benzene rings is 1. The summed E-state index contributed by atoms with van der Waals surface area (Å²) >= 11 is 0. The third kappa shape index (κ3) is 4.87. The molecule has 4 rings (SSSR count). The van der Waals surface area contributed by atoms with Crippen molar-refractivity contribution in [2.75, 3.05) is 37.6 Å². The SMILES string of the molecule is Cc1ccc([C@@H](CNC(C)C)C(=O)N2CCN(c3ncnc4c3[C@H](C)C[C@@H]4O)CC2)cc1F. The van der Waals surface area contributed by atoms with Crippen LogP contribution in [0.25, 0.3) is 0 Å². The number of nitrogens with one attached hydrogen (secondary N) is 1. The molecule has 0 radical (unpaired) electrons. The molecule has 8 heteroatoms. The fourth-order valence-corrected chi connectivity index (χ4v) is 4.84.